The second-order valence-corrected chi connectivity index (χ2v) is 10.3. The molecule has 1 N–H and O–H groups in total. The van der Waals surface area contributed by atoms with Gasteiger partial charge < -0.3 is 15.0 Å². The second-order valence-electron chi connectivity index (χ2n) is 9.03. The molecule has 3 aromatic heterocycles. The van der Waals surface area contributed by atoms with Crippen LogP contribution in [0.15, 0.2) is 30.5 Å². The van der Waals surface area contributed by atoms with Crippen LogP contribution < -0.4 is 5.32 Å². The molecule has 0 bridgehead atoms. The third kappa shape index (κ3) is 4.72. The van der Waals surface area contributed by atoms with Crippen LogP contribution in [0.5, 0.6) is 0 Å². The van der Waals surface area contributed by atoms with E-state index in [9.17, 15) is 9.59 Å². The van der Waals surface area contributed by atoms with E-state index in [-0.39, 0.29) is 23.8 Å². The lowest BCUT2D eigenvalue weighted by atomic mass is 9.99. The lowest BCUT2D eigenvalue weighted by molar-refractivity contribution is -0.164. The first-order chi connectivity index (χ1) is 15.1. The van der Waals surface area contributed by atoms with Crippen LogP contribution in [0.2, 0.25) is 0 Å². The number of esters is 1. The molecule has 0 aromatic carbocycles. The van der Waals surface area contributed by atoms with Gasteiger partial charge in [-0.2, -0.15) is 0 Å². The van der Waals surface area contributed by atoms with Crippen molar-refractivity contribution in [3.05, 3.63) is 46.7 Å². The number of likely N-dealkylation sites (tertiary alicyclic amines) is 1. The molecule has 0 unspecified atom stereocenters. The Labute approximate surface area is 191 Å². The summed E-state index contributed by atoms with van der Waals surface area (Å²) in [7, 11) is 0. The van der Waals surface area contributed by atoms with Crippen LogP contribution in [-0.2, 0) is 9.53 Å². The van der Waals surface area contributed by atoms with Crippen LogP contribution in [-0.4, -0.2) is 50.4 Å². The monoisotopic (exact) mass is 453 g/mol. The fourth-order valence-electron chi connectivity index (χ4n) is 3.49. The predicted octanol–water partition coefficient (Wildman–Crippen LogP) is 3.98. The van der Waals surface area contributed by atoms with Gasteiger partial charge in [0.15, 0.2) is 5.69 Å². The first-order valence-electron chi connectivity index (χ1n) is 10.6. The van der Waals surface area contributed by atoms with Crippen molar-refractivity contribution in [2.75, 3.05) is 18.4 Å². The number of carbonyl (C=O) groups is 2. The van der Waals surface area contributed by atoms with Gasteiger partial charge in [0.25, 0.3) is 5.91 Å². The minimum Gasteiger partial charge on any atom is -0.460 e. The molecule has 168 valence electrons. The summed E-state index contributed by atoms with van der Waals surface area (Å²) in [5, 5.41) is 3.26. The highest BCUT2D eigenvalue weighted by molar-refractivity contribution is 7.19. The Hall–Kier alpha value is -3.07. The van der Waals surface area contributed by atoms with E-state index in [0.29, 0.717) is 24.7 Å². The van der Waals surface area contributed by atoms with Gasteiger partial charge in [0.2, 0.25) is 5.95 Å². The van der Waals surface area contributed by atoms with Gasteiger partial charge in [-0.1, -0.05) is 6.07 Å². The molecule has 1 atom stereocenters. The number of nitrogens with one attached hydrogen (secondary N) is 1. The average molecular weight is 454 g/mol. The zero-order valence-corrected chi connectivity index (χ0v) is 19.7. The summed E-state index contributed by atoms with van der Waals surface area (Å²) in [6, 6.07) is 7.54. The van der Waals surface area contributed by atoms with Gasteiger partial charge in [-0.25, -0.2) is 9.97 Å². The zero-order chi connectivity index (χ0) is 23.0. The molecule has 4 heterocycles. The number of aromatic nitrogens is 3. The maximum atomic E-state index is 13.3. The minimum absolute atomic E-state index is 0.128. The molecule has 0 saturated carbocycles. The van der Waals surface area contributed by atoms with E-state index in [1.165, 1.54) is 11.3 Å². The number of amides is 1. The van der Waals surface area contributed by atoms with E-state index in [4.69, 9.17) is 4.74 Å². The first kappa shape index (κ1) is 22.1. The Kier molecular flexibility index (Phi) is 5.85. The number of hydrogen-bond acceptors (Lipinski definition) is 8. The molecule has 8 nitrogen and oxygen atoms in total. The molecule has 9 heteroatoms. The predicted molar refractivity (Wildman–Crippen MR) is 124 cm³/mol. The maximum Gasteiger partial charge on any atom is 0.313 e. The molecule has 1 fully saturated rings. The van der Waals surface area contributed by atoms with Crippen molar-refractivity contribution in [3.63, 3.8) is 0 Å². The van der Waals surface area contributed by atoms with Crippen molar-refractivity contribution in [3.8, 4) is 0 Å². The largest absolute Gasteiger partial charge is 0.460 e. The molecule has 0 spiro atoms. The molecule has 32 heavy (non-hydrogen) atoms. The van der Waals surface area contributed by atoms with Crippen LogP contribution in [0.4, 0.5) is 5.95 Å². The molecule has 1 amide bonds. The van der Waals surface area contributed by atoms with E-state index in [0.717, 1.165) is 20.8 Å². The van der Waals surface area contributed by atoms with Crippen molar-refractivity contribution in [2.45, 2.75) is 46.3 Å². The Bertz CT molecular complexity index is 1150. The fraction of sp³-hybridized carbons (Fsp3) is 0.435. The highest BCUT2D eigenvalue weighted by Gasteiger charge is 2.39. The van der Waals surface area contributed by atoms with E-state index in [1.807, 2.05) is 58.9 Å². The summed E-state index contributed by atoms with van der Waals surface area (Å²) in [4.78, 5) is 41.8. The maximum absolute atomic E-state index is 13.3. The number of rotatable bonds is 5. The smallest absolute Gasteiger partial charge is 0.313 e. The minimum atomic E-state index is -0.542. The third-order valence-electron chi connectivity index (χ3n) is 5.08. The van der Waals surface area contributed by atoms with Gasteiger partial charge in [-0.05, 0) is 52.8 Å². The number of fused-ring (bicyclic) bond motifs is 1. The first-order valence-corrected chi connectivity index (χ1v) is 11.4. The Morgan fingerprint density at radius 3 is 2.66 bits per heavy atom. The summed E-state index contributed by atoms with van der Waals surface area (Å²) >= 11 is 1.49. The highest BCUT2D eigenvalue weighted by atomic mass is 32.1. The lowest BCUT2D eigenvalue weighted by Gasteiger charge is -2.38. The summed E-state index contributed by atoms with van der Waals surface area (Å²) in [5.41, 5.74) is 1.39. The molecule has 0 aliphatic carbocycles. The van der Waals surface area contributed by atoms with Gasteiger partial charge in [-0.3, -0.25) is 14.6 Å². The van der Waals surface area contributed by atoms with Crippen molar-refractivity contribution in [2.24, 2.45) is 5.92 Å². The summed E-state index contributed by atoms with van der Waals surface area (Å²) < 4.78 is 6.19. The lowest BCUT2D eigenvalue weighted by Crippen LogP contribution is -2.54. The summed E-state index contributed by atoms with van der Waals surface area (Å²) in [6.45, 7) is 10.1. The molecule has 3 aromatic rings. The van der Waals surface area contributed by atoms with E-state index < -0.39 is 5.60 Å². The van der Waals surface area contributed by atoms with Crippen LogP contribution >= 0.6 is 11.3 Å². The number of nitrogens with zero attached hydrogens (tertiary/aromatic N) is 4. The van der Waals surface area contributed by atoms with Crippen LogP contribution in [0, 0.1) is 12.8 Å². The molecule has 0 radical (unpaired) electrons. The highest BCUT2D eigenvalue weighted by Crippen LogP contribution is 2.31. The SMILES string of the molecule is Cc1cc2nc(N[C@@H](C)c3ccccn3)nc(C(=O)N3CC(C(=O)OC(C)(C)C)C3)c2s1. The van der Waals surface area contributed by atoms with Crippen molar-refractivity contribution >= 4 is 39.4 Å². The van der Waals surface area contributed by atoms with Crippen molar-refractivity contribution < 1.29 is 14.3 Å². The molecular weight excluding hydrogens is 426 g/mol. The number of anilines is 1. The number of hydrogen-bond donors (Lipinski definition) is 1. The van der Waals surface area contributed by atoms with Crippen LogP contribution in [0.1, 0.15) is 54.8 Å². The van der Waals surface area contributed by atoms with Gasteiger partial charge >= 0.3 is 5.97 Å². The number of aryl methyl sites for hydroxylation is 1. The Morgan fingerprint density at radius 2 is 2.00 bits per heavy atom. The standard InChI is InChI=1S/C23H27N5O3S/c1-13-10-17-19(32-13)18(20(29)28-11-15(12-28)21(30)31-23(3,4)5)27-22(26-17)25-14(2)16-8-6-7-9-24-16/h6-10,14-15H,11-12H2,1-5H3,(H,25,26,27)/t14-/m0/s1. The van der Waals surface area contributed by atoms with Crippen molar-refractivity contribution in [1.82, 2.24) is 19.9 Å². The van der Waals surface area contributed by atoms with Gasteiger partial charge in [-0.15, -0.1) is 11.3 Å². The second kappa shape index (κ2) is 8.46. The van der Waals surface area contributed by atoms with E-state index >= 15 is 0 Å². The molecule has 1 aliphatic rings. The Balaban J connectivity index is 1.54. The van der Waals surface area contributed by atoms with Crippen LogP contribution in [0.3, 0.4) is 0 Å². The van der Waals surface area contributed by atoms with E-state index in [1.54, 1.807) is 11.1 Å². The van der Waals surface area contributed by atoms with Gasteiger partial charge in [0, 0.05) is 24.2 Å². The topological polar surface area (TPSA) is 97.3 Å². The number of ether oxygens (including phenoxy) is 1. The molecule has 4 rings (SSSR count). The zero-order valence-electron chi connectivity index (χ0n) is 18.9. The molecular formula is C23H27N5O3S. The van der Waals surface area contributed by atoms with Crippen LogP contribution in [0.25, 0.3) is 10.2 Å². The van der Waals surface area contributed by atoms with E-state index in [2.05, 4.69) is 20.3 Å². The fourth-order valence-corrected chi connectivity index (χ4v) is 4.42. The average Bonchev–Trinajstić information content (AvgIpc) is 3.05. The quantitative estimate of drug-likeness (QED) is 0.584. The molecule has 1 aliphatic heterocycles. The van der Waals surface area contributed by atoms with Gasteiger partial charge in [0.1, 0.15) is 5.60 Å². The van der Waals surface area contributed by atoms with Crippen molar-refractivity contribution in [1.29, 1.82) is 0 Å². The number of thiophene rings is 1. The Morgan fingerprint density at radius 1 is 1.25 bits per heavy atom. The normalized spacial score (nSPS) is 15.3. The summed E-state index contributed by atoms with van der Waals surface area (Å²) in [5.74, 6) is -0.399. The summed E-state index contributed by atoms with van der Waals surface area (Å²) in [6.07, 6.45) is 1.74. The molecule has 1 saturated heterocycles. The van der Waals surface area contributed by atoms with Gasteiger partial charge in [0.05, 0.1) is 27.9 Å². The number of carbonyl (C=O) groups excluding carboxylic acids is 2. The third-order valence-corrected chi connectivity index (χ3v) is 6.13. The number of pyridine rings is 1.